The number of para-hydroxylation sites is 1. The van der Waals surface area contributed by atoms with E-state index in [1.807, 2.05) is 18.2 Å². The lowest BCUT2D eigenvalue weighted by Gasteiger charge is -2.37. The number of anilines is 1. The van der Waals surface area contributed by atoms with E-state index in [0.717, 1.165) is 0 Å². The van der Waals surface area contributed by atoms with E-state index >= 15 is 0 Å². The van der Waals surface area contributed by atoms with Gasteiger partial charge in [-0.2, -0.15) is 0 Å². The Bertz CT molecular complexity index is 1530. The number of aliphatic hydroxyl groups excluding tert-OH is 1. The molecule has 3 aliphatic rings. The fourth-order valence-corrected chi connectivity index (χ4v) is 8.39. The summed E-state index contributed by atoms with van der Waals surface area (Å²) in [6.45, 7) is 7.77. The van der Waals surface area contributed by atoms with Crippen molar-refractivity contribution in [2.75, 3.05) is 31.1 Å². The number of aliphatic hydroxyl groups is 1. The minimum absolute atomic E-state index is 0.0359. The van der Waals surface area contributed by atoms with Crippen molar-refractivity contribution in [2.45, 2.75) is 60.8 Å². The van der Waals surface area contributed by atoms with Crippen molar-refractivity contribution < 1.29 is 33.8 Å². The highest BCUT2D eigenvalue weighted by molar-refractivity contribution is 9.09. The number of hydrogen-bond donors (Lipinski definition) is 2. The first-order valence-electron chi connectivity index (χ1n) is 16.2. The zero-order chi connectivity index (χ0) is 34.4. The van der Waals surface area contributed by atoms with E-state index in [-0.39, 0.29) is 49.3 Å². The maximum Gasteiger partial charge on any atom is 0.313 e. The standard InChI is InChI=1S/C36H41BrClN3O7/c1-3-5-17-28(43)39-22-27(23-13-7-6-8-14-23)47-35(46)29-30-33(44)41(19-11-12-20-42)32(36(30)21-24(37)31(29)48-36)34(45)40(18-4-2)26-16-10-9-15-25(26)38/h3-4,6-10,13-16,24,27,29-32,42H,1-2,5,11-12,17-22H2,(H,39,43)/t24?,27-,29+,30-,31+,32+,36-/m0/s1. The molecule has 2 aromatic rings. The van der Waals surface area contributed by atoms with Crippen molar-refractivity contribution in [3.8, 4) is 0 Å². The molecule has 3 aliphatic heterocycles. The number of benzene rings is 2. The Hall–Kier alpha value is -3.51. The summed E-state index contributed by atoms with van der Waals surface area (Å²) in [6, 6.07) is 15.0. The second kappa shape index (κ2) is 15.8. The molecule has 2 bridgehead atoms. The van der Waals surface area contributed by atoms with Gasteiger partial charge in [0.1, 0.15) is 17.7 Å². The molecular weight excluding hydrogens is 702 g/mol. The highest BCUT2D eigenvalue weighted by atomic mass is 79.9. The van der Waals surface area contributed by atoms with Gasteiger partial charge in [0.05, 0.1) is 35.2 Å². The number of amides is 3. The minimum atomic E-state index is -1.32. The molecule has 3 amide bonds. The molecule has 1 unspecified atom stereocenters. The van der Waals surface area contributed by atoms with Crippen LogP contribution in [-0.4, -0.2) is 82.5 Å². The second-order valence-corrected chi connectivity index (χ2v) is 13.9. The predicted octanol–water partition coefficient (Wildman–Crippen LogP) is 4.75. The lowest BCUT2D eigenvalue weighted by Crippen LogP contribution is -2.57. The van der Waals surface area contributed by atoms with E-state index in [2.05, 4.69) is 34.4 Å². The van der Waals surface area contributed by atoms with Crippen LogP contribution in [-0.2, 0) is 28.7 Å². The van der Waals surface area contributed by atoms with Crippen LogP contribution in [0.1, 0.15) is 43.8 Å². The Kier molecular flexibility index (Phi) is 11.8. The number of carbonyl (C=O) groups is 4. The molecule has 0 aromatic heterocycles. The van der Waals surface area contributed by atoms with Gasteiger partial charge < -0.3 is 29.7 Å². The molecule has 2 aromatic carbocycles. The summed E-state index contributed by atoms with van der Waals surface area (Å²) in [5, 5.41) is 12.7. The minimum Gasteiger partial charge on any atom is -0.455 e. The number of halogens is 2. The molecule has 0 aliphatic carbocycles. The largest absolute Gasteiger partial charge is 0.455 e. The number of hydrogen-bond acceptors (Lipinski definition) is 7. The SMILES string of the molecule is C=CCCC(=O)NC[C@H](OC(=O)[C@H]1[C@@H]2O[C@@]3(CC2Br)[C@@H]1C(=O)N(CCCCO)[C@@H]3C(=O)N(CC=C)c1ccccc1Cl)c1ccccc1. The number of alkyl halides is 1. The number of ether oxygens (including phenoxy) is 2. The van der Waals surface area contributed by atoms with Crippen molar-refractivity contribution >= 4 is 56.9 Å². The van der Waals surface area contributed by atoms with E-state index in [1.165, 1.54) is 9.80 Å². The summed E-state index contributed by atoms with van der Waals surface area (Å²) in [5.74, 6) is -3.62. The molecule has 5 rings (SSSR count). The van der Waals surface area contributed by atoms with E-state index in [1.54, 1.807) is 48.6 Å². The molecule has 1 spiro atoms. The summed E-state index contributed by atoms with van der Waals surface area (Å²) >= 11 is 10.3. The van der Waals surface area contributed by atoms with Crippen LogP contribution in [0.5, 0.6) is 0 Å². The van der Waals surface area contributed by atoms with Crippen LogP contribution >= 0.6 is 27.5 Å². The lowest BCUT2D eigenvalue weighted by molar-refractivity contribution is -0.160. The number of likely N-dealkylation sites (tertiary alicyclic amines) is 1. The zero-order valence-corrected chi connectivity index (χ0v) is 29.0. The smallest absolute Gasteiger partial charge is 0.313 e. The van der Waals surface area contributed by atoms with Gasteiger partial charge in [-0.25, -0.2) is 0 Å². The average molecular weight is 743 g/mol. The fourth-order valence-electron chi connectivity index (χ4n) is 7.21. The number of nitrogens with zero attached hydrogens (tertiary/aromatic N) is 2. The molecule has 3 fully saturated rings. The van der Waals surface area contributed by atoms with Crippen LogP contribution in [0.4, 0.5) is 5.69 Å². The van der Waals surface area contributed by atoms with Gasteiger partial charge in [-0.15, -0.1) is 13.2 Å². The summed E-state index contributed by atoms with van der Waals surface area (Å²) in [6.07, 6.45) is 3.64. The van der Waals surface area contributed by atoms with Crippen molar-refractivity contribution in [2.24, 2.45) is 11.8 Å². The summed E-state index contributed by atoms with van der Waals surface area (Å²) in [5.41, 5.74) is -0.177. The first-order chi connectivity index (χ1) is 23.2. The zero-order valence-electron chi connectivity index (χ0n) is 26.6. The molecule has 0 saturated carbocycles. The van der Waals surface area contributed by atoms with Crippen LogP contribution in [0.3, 0.4) is 0 Å². The molecule has 7 atom stereocenters. The molecule has 0 radical (unpaired) electrons. The van der Waals surface area contributed by atoms with Gasteiger partial charge in [0.15, 0.2) is 0 Å². The van der Waals surface area contributed by atoms with Gasteiger partial charge in [-0.05, 0) is 43.4 Å². The summed E-state index contributed by atoms with van der Waals surface area (Å²) in [7, 11) is 0. The van der Waals surface area contributed by atoms with Crippen LogP contribution in [0.15, 0.2) is 79.9 Å². The summed E-state index contributed by atoms with van der Waals surface area (Å²) in [4.78, 5) is 58.5. The number of nitrogens with one attached hydrogen (secondary N) is 1. The Labute approximate surface area is 294 Å². The van der Waals surface area contributed by atoms with Crippen molar-refractivity contribution in [3.63, 3.8) is 0 Å². The third-order valence-corrected chi connectivity index (χ3v) is 10.5. The van der Waals surface area contributed by atoms with Crippen molar-refractivity contribution in [3.05, 3.63) is 90.5 Å². The third-order valence-electron chi connectivity index (χ3n) is 9.31. The maximum atomic E-state index is 14.7. The molecule has 256 valence electrons. The highest BCUT2D eigenvalue weighted by Crippen LogP contribution is 2.60. The molecule has 3 heterocycles. The monoisotopic (exact) mass is 741 g/mol. The number of carbonyl (C=O) groups excluding carboxylic acids is 4. The van der Waals surface area contributed by atoms with Gasteiger partial charge in [-0.1, -0.05) is 82.1 Å². The Morgan fingerprint density at radius 1 is 1.15 bits per heavy atom. The number of esters is 1. The highest BCUT2D eigenvalue weighted by Gasteiger charge is 2.77. The van der Waals surface area contributed by atoms with E-state index in [4.69, 9.17) is 21.1 Å². The van der Waals surface area contributed by atoms with Crippen LogP contribution in [0.2, 0.25) is 5.02 Å². The molecule has 10 nitrogen and oxygen atoms in total. The second-order valence-electron chi connectivity index (χ2n) is 12.3. The predicted molar refractivity (Wildman–Crippen MR) is 185 cm³/mol. The molecule has 48 heavy (non-hydrogen) atoms. The van der Waals surface area contributed by atoms with Gasteiger partial charge in [0.25, 0.3) is 5.91 Å². The van der Waals surface area contributed by atoms with Crippen LogP contribution in [0, 0.1) is 11.8 Å². The Morgan fingerprint density at radius 3 is 2.56 bits per heavy atom. The van der Waals surface area contributed by atoms with E-state index < -0.39 is 47.6 Å². The van der Waals surface area contributed by atoms with Crippen LogP contribution in [0.25, 0.3) is 0 Å². The molecular formula is C36H41BrClN3O7. The van der Waals surface area contributed by atoms with Gasteiger partial charge >= 0.3 is 5.97 Å². The van der Waals surface area contributed by atoms with Gasteiger partial charge in [-0.3, -0.25) is 19.2 Å². The Morgan fingerprint density at radius 2 is 1.88 bits per heavy atom. The quantitative estimate of drug-likeness (QED) is 0.110. The number of rotatable bonds is 16. The van der Waals surface area contributed by atoms with Crippen LogP contribution < -0.4 is 10.2 Å². The van der Waals surface area contributed by atoms with E-state index in [0.29, 0.717) is 42.0 Å². The third kappa shape index (κ3) is 6.96. The van der Waals surface area contributed by atoms with Gasteiger partial charge in [0.2, 0.25) is 11.8 Å². The topological polar surface area (TPSA) is 125 Å². The number of unbranched alkanes of at least 4 members (excludes halogenated alkanes) is 1. The van der Waals surface area contributed by atoms with Crippen molar-refractivity contribution in [1.82, 2.24) is 10.2 Å². The molecule has 12 heteroatoms. The first kappa shape index (κ1) is 35.8. The van der Waals surface area contributed by atoms with E-state index in [9.17, 15) is 24.3 Å². The number of allylic oxidation sites excluding steroid dienone is 1. The fraction of sp³-hybridized carbons (Fsp3) is 0.444. The summed E-state index contributed by atoms with van der Waals surface area (Å²) < 4.78 is 12.8. The van der Waals surface area contributed by atoms with Crippen molar-refractivity contribution in [1.29, 1.82) is 0 Å². The lowest BCUT2D eigenvalue weighted by atomic mass is 9.70. The Balaban J connectivity index is 1.48. The maximum absolute atomic E-state index is 14.7. The normalized spacial score (nSPS) is 26.1. The number of fused-ring (bicyclic) bond motifs is 1. The molecule has 2 N–H and O–H groups in total. The van der Waals surface area contributed by atoms with Gasteiger partial charge in [0, 0.05) is 30.9 Å². The first-order valence-corrected chi connectivity index (χ1v) is 17.5. The molecule has 3 saturated heterocycles. The average Bonchev–Trinajstić information content (AvgIpc) is 3.68.